The zero-order valence-electron chi connectivity index (χ0n) is 14.8. The van der Waals surface area contributed by atoms with Crippen molar-refractivity contribution in [2.75, 3.05) is 20.1 Å². The van der Waals surface area contributed by atoms with E-state index in [1.165, 1.54) is 0 Å². The Labute approximate surface area is 166 Å². The second kappa shape index (κ2) is 7.55. The maximum absolute atomic E-state index is 12.9. The third-order valence-electron chi connectivity index (χ3n) is 4.55. The Bertz CT molecular complexity index is 934. The van der Waals surface area contributed by atoms with Crippen molar-refractivity contribution in [3.63, 3.8) is 0 Å². The summed E-state index contributed by atoms with van der Waals surface area (Å²) in [5, 5.41) is 0.536. The summed E-state index contributed by atoms with van der Waals surface area (Å²) in [4.78, 5) is 1.85. The SMILES string of the molecule is CN1CC[C@@](NS(=O)(=O)c2ccc(OC(F)(F)F)cc2)(c2ccc(Cl)cc2)C1. The third kappa shape index (κ3) is 4.78. The number of nitrogens with one attached hydrogen (secondary N) is 1. The van der Waals surface area contributed by atoms with E-state index in [9.17, 15) is 21.6 Å². The number of benzene rings is 2. The number of likely N-dealkylation sites (N-methyl/N-ethyl adjacent to an activating group) is 1. The van der Waals surface area contributed by atoms with Gasteiger partial charge in [0, 0.05) is 18.1 Å². The van der Waals surface area contributed by atoms with Crippen molar-refractivity contribution in [2.24, 2.45) is 0 Å². The van der Waals surface area contributed by atoms with E-state index in [0.717, 1.165) is 29.8 Å². The molecule has 1 saturated heterocycles. The van der Waals surface area contributed by atoms with Gasteiger partial charge in [0.25, 0.3) is 0 Å². The van der Waals surface area contributed by atoms with Gasteiger partial charge in [0.05, 0.1) is 10.4 Å². The largest absolute Gasteiger partial charge is 0.573 e. The first kappa shape index (κ1) is 20.9. The highest BCUT2D eigenvalue weighted by Gasteiger charge is 2.42. The van der Waals surface area contributed by atoms with Gasteiger partial charge in [-0.15, -0.1) is 13.2 Å². The van der Waals surface area contributed by atoms with Crippen LogP contribution in [0.1, 0.15) is 12.0 Å². The summed E-state index contributed by atoms with van der Waals surface area (Å²) in [6.07, 6.45) is -4.30. The van der Waals surface area contributed by atoms with Gasteiger partial charge in [0.2, 0.25) is 10.0 Å². The molecule has 152 valence electrons. The summed E-state index contributed by atoms with van der Waals surface area (Å²) in [5.41, 5.74) is -0.0962. The molecule has 5 nitrogen and oxygen atoms in total. The molecule has 2 aromatic carbocycles. The second-order valence-electron chi connectivity index (χ2n) is 6.70. The third-order valence-corrected chi connectivity index (χ3v) is 6.36. The minimum atomic E-state index is -4.84. The molecule has 0 spiro atoms. The monoisotopic (exact) mass is 434 g/mol. The smallest absolute Gasteiger partial charge is 0.406 e. The van der Waals surface area contributed by atoms with Crippen LogP contribution in [-0.4, -0.2) is 39.8 Å². The molecule has 0 amide bonds. The van der Waals surface area contributed by atoms with E-state index in [-0.39, 0.29) is 4.90 Å². The Morgan fingerprint density at radius 3 is 2.21 bits per heavy atom. The zero-order chi connectivity index (χ0) is 20.6. The Kier molecular flexibility index (Phi) is 5.64. The molecule has 28 heavy (non-hydrogen) atoms. The Balaban J connectivity index is 1.89. The molecule has 1 atom stereocenters. The van der Waals surface area contributed by atoms with E-state index in [1.807, 2.05) is 11.9 Å². The fourth-order valence-electron chi connectivity index (χ4n) is 3.28. The van der Waals surface area contributed by atoms with Crippen LogP contribution in [0.3, 0.4) is 0 Å². The molecule has 1 fully saturated rings. The van der Waals surface area contributed by atoms with Crippen molar-refractivity contribution in [3.05, 3.63) is 59.1 Å². The van der Waals surface area contributed by atoms with E-state index in [4.69, 9.17) is 11.6 Å². The number of sulfonamides is 1. The quantitative estimate of drug-likeness (QED) is 0.778. The topological polar surface area (TPSA) is 58.6 Å². The van der Waals surface area contributed by atoms with Crippen molar-refractivity contribution in [1.82, 2.24) is 9.62 Å². The van der Waals surface area contributed by atoms with Crippen LogP contribution in [0.5, 0.6) is 5.75 Å². The lowest BCUT2D eigenvalue weighted by atomic mass is 9.90. The Morgan fingerprint density at radius 1 is 1.11 bits per heavy atom. The Morgan fingerprint density at radius 2 is 1.71 bits per heavy atom. The lowest BCUT2D eigenvalue weighted by molar-refractivity contribution is -0.274. The average Bonchev–Trinajstić information content (AvgIpc) is 2.95. The van der Waals surface area contributed by atoms with Gasteiger partial charge in [-0.05, 0) is 55.4 Å². The van der Waals surface area contributed by atoms with Gasteiger partial charge in [-0.1, -0.05) is 23.7 Å². The van der Waals surface area contributed by atoms with Gasteiger partial charge in [-0.25, -0.2) is 8.42 Å². The number of rotatable bonds is 5. The first-order chi connectivity index (χ1) is 13.0. The van der Waals surface area contributed by atoms with Crippen molar-refractivity contribution >= 4 is 21.6 Å². The molecule has 10 heteroatoms. The first-order valence-electron chi connectivity index (χ1n) is 8.34. The van der Waals surface area contributed by atoms with Crippen LogP contribution < -0.4 is 9.46 Å². The molecule has 1 heterocycles. The van der Waals surface area contributed by atoms with E-state index in [1.54, 1.807) is 24.3 Å². The molecule has 0 aliphatic carbocycles. The summed E-state index contributed by atoms with van der Waals surface area (Å²) in [6, 6.07) is 11.0. The predicted molar refractivity (Wildman–Crippen MR) is 98.7 cm³/mol. The van der Waals surface area contributed by atoms with Crippen molar-refractivity contribution in [3.8, 4) is 5.75 Å². The van der Waals surface area contributed by atoms with Crippen molar-refractivity contribution in [1.29, 1.82) is 0 Å². The molecule has 0 aromatic heterocycles. The Hall–Kier alpha value is -1.81. The fraction of sp³-hybridized carbons (Fsp3) is 0.333. The minimum Gasteiger partial charge on any atom is -0.406 e. The molecular weight excluding hydrogens is 417 g/mol. The first-order valence-corrected chi connectivity index (χ1v) is 10.2. The van der Waals surface area contributed by atoms with Crippen LogP contribution in [0, 0.1) is 0 Å². The van der Waals surface area contributed by atoms with E-state index >= 15 is 0 Å². The lowest BCUT2D eigenvalue weighted by Crippen LogP contribution is -2.47. The zero-order valence-corrected chi connectivity index (χ0v) is 16.4. The molecule has 3 rings (SSSR count). The predicted octanol–water partition coefficient (Wildman–Crippen LogP) is 3.75. The standard InChI is InChI=1S/C18H18ClF3N2O3S/c1-24-11-10-17(12-24,13-2-4-14(19)5-3-13)23-28(25,26)16-8-6-15(7-9-16)27-18(20,21)22/h2-9,23H,10-12H2,1H3/t17-/m0/s1. The summed E-state index contributed by atoms with van der Waals surface area (Å²) in [6.45, 7) is 1.13. The van der Waals surface area contributed by atoms with Gasteiger partial charge in [-0.2, -0.15) is 4.72 Å². The highest BCUT2D eigenvalue weighted by Crippen LogP contribution is 2.34. The van der Waals surface area contributed by atoms with E-state index < -0.39 is 27.7 Å². The second-order valence-corrected chi connectivity index (χ2v) is 8.82. The summed E-state index contributed by atoms with van der Waals surface area (Å²) < 4.78 is 69.2. The molecule has 1 aliphatic heterocycles. The van der Waals surface area contributed by atoms with E-state index in [2.05, 4.69) is 9.46 Å². The van der Waals surface area contributed by atoms with Gasteiger partial charge >= 0.3 is 6.36 Å². The van der Waals surface area contributed by atoms with Crippen LogP contribution in [0.15, 0.2) is 53.4 Å². The maximum Gasteiger partial charge on any atom is 0.573 e. The normalized spacial score (nSPS) is 21.0. The highest BCUT2D eigenvalue weighted by atomic mass is 35.5. The van der Waals surface area contributed by atoms with Gasteiger partial charge in [-0.3, -0.25) is 0 Å². The van der Waals surface area contributed by atoms with Crippen LogP contribution in [0.25, 0.3) is 0 Å². The van der Waals surface area contributed by atoms with Gasteiger partial charge in [0.15, 0.2) is 0 Å². The fourth-order valence-corrected chi connectivity index (χ4v) is 4.82. The van der Waals surface area contributed by atoms with Crippen molar-refractivity contribution in [2.45, 2.75) is 23.2 Å². The van der Waals surface area contributed by atoms with Crippen LogP contribution in [0.4, 0.5) is 13.2 Å². The van der Waals surface area contributed by atoms with Crippen molar-refractivity contribution < 1.29 is 26.3 Å². The molecule has 0 saturated carbocycles. The van der Waals surface area contributed by atoms with Gasteiger partial charge in [0.1, 0.15) is 5.75 Å². The van der Waals surface area contributed by atoms with Crippen LogP contribution in [-0.2, 0) is 15.6 Å². The molecule has 0 radical (unpaired) electrons. The summed E-state index contributed by atoms with van der Waals surface area (Å²) >= 11 is 5.94. The highest BCUT2D eigenvalue weighted by molar-refractivity contribution is 7.89. The molecule has 0 unspecified atom stereocenters. The number of alkyl halides is 3. The average molecular weight is 435 g/mol. The number of likely N-dealkylation sites (tertiary alicyclic amines) is 1. The molecule has 1 N–H and O–H groups in total. The van der Waals surface area contributed by atoms with Crippen LogP contribution >= 0.6 is 11.6 Å². The number of ether oxygens (including phenoxy) is 1. The molecule has 2 aromatic rings. The minimum absolute atomic E-state index is 0.148. The maximum atomic E-state index is 12.9. The lowest BCUT2D eigenvalue weighted by Gasteiger charge is -2.31. The number of hydrogen-bond donors (Lipinski definition) is 1. The number of halogens is 4. The van der Waals surface area contributed by atoms with Crippen LogP contribution in [0.2, 0.25) is 5.02 Å². The number of hydrogen-bond acceptors (Lipinski definition) is 4. The molecular formula is C18H18ClF3N2O3S. The number of nitrogens with zero attached hydrogens (tertiary/aromatic N) is 1. The van der Waals surface area contributed by atoms with Gasteiger partial charge < -0.3 is 9.64 Å². The molecule has 0 bridgehead atoms. The van der Waals surface area contributed by atoms with E-state index in [0.29, 0.717) is 24.5 Å². The summed E-state index contributed by atoms with van der Waals surface area (Å²) in [7, 11) is -2.11. The molecule has 1 aliphatic rings. The summed E-state index contributed by atoms with van der Waals surface area (Å²) in [5.74, 6) is -0.487.